The van der Waals surface area contributed by atoms with Crippen LogP contribution < -0.4 is 0 Å². The molecule has 0 aromatic heterocycles. The van der Waals surface area contributed by atoms with Gasteiger partial charge in [0.05, 0.1) is 12.0 Å². The molecule has 0 spiro atoms. The molecule has 0 saturated heterocycles. The van der Waals surface area contributed by atoms with Gasteiger partial charge >= 0.3 is 0 Å². The van der Waals surface area contributed by atoms with E-state index in [4.69, 9.17) is 0 Å². The number of rotatable bonds is 6. The summed E-state index contributed by atoms with van der Waals surface area (Å²) in [7, 11) is 0. The second-order valence-electron chi connectivity index (χ2n) is 6.62. The number of hydrogen-bond acceptors (Lipinski definition) is 3. The van der Waals surface area contributed by atoms with Gasteiger partial charge in [0.25, 0.3) is 0 Å². The van der Waals surface area contributed by atoms with Gasteiger partial charge in [-0.1, -0.05) is 44.4 Å². The van der Waals surface area contributed by atoms with Crippen molar-refractivity contribution in [3.05, 3.63) is 0 Å². The summed E-state index contributed by atoms with van der Waals surface area (Å²) in [5, 5.41) is 20.0. The molecule has 2 rings (SSSR count). The van der Waals surface area contributed by atoms with E-state index in [0.717, 1.165) is 19.3 Å². The van der Waals surface area contributed by atoms with Crippen LogP contribution in [0.5, 0.6) is 0 Å². The van der Waals surface area contributed by atoms with Crippen molar-refractivity contribution in [1.29, 1.82) is 0 Å². The molecule has 3 heteroatoms. The standard InChI is InChI=1S/C18H28O3/c1-2-3-4-5-6-7-13(19)8-9-14-16-12-18(21)15(16)10-11-17(14)20/h13-17,19-20H,2-7,10-12H2,1H3/t13-,14-,15+,16-,17-/m0/s1. The fourth-order valence-electron chi connectivity index (χ4n) is 3.58. The molecule has 118 valence electrons. The van der Waals surface area contributed by atoms with Crippen molar-refractivity contribution in [2.45, 2.75) is 76.9 Å². The van der Waals surface area contributed by atoms with Gasteiger partial charge in [-0.05, 0) is 31.6 Å². The average molecular weight is 292 g/mol. The summed E-state index contributed by atoms with van der Waals surface area (Å²) in [5.74, 6) is 6.55. The molecule has 0 aromatic rings. The predicted molar refractivity (Wildman–Crippen MR) is 82.5 cm³/mol. The van der Waals surface area contributed by atoms with Crippen LogP contribution in [0.3, 0.4) is 0 Å². The Kier molecular flexibility index (Phi) is 6.26. The lowest BCUT2D eigenvalue weighted by molar-refractivity contribution is -0.141. The highest BCUT2D eigenvalue weighted by Gasteiger charge is 2.48. The molecule has 21 heavy (non-hydrogen) atoms. The van der Waals surface area contributed by atoms with E-state index >= 15 is 0 Å². The summed E-state index contributed by atoms with van der Waals surface area (Å²) in [6.45, 7) is 2.19. The zero-order valence-electron chi connectivity index (χ0n) is 13.1. The molecule has 0 radical (unpaired) electrons. The van der Waals surface area contributed by atoms with Crippen molar-refractivity contribution in [1.82, 2.24) is 0 Å². The Morgan fingerprint density at radius 3 is 2.71 bits per heavy atom. The van der Waals surface area contributed by atoms with E-state index in [1.54, 1.807) is 0 Å². The van der Waals surface area contributed by atoms with E-state index in [2.05, 4.69) is 18.8 Å². The van der Waals surface area contributed by atoms with E-state index in [-0.39, 0.29) is 17.8 Å². The third kappa shape index (κ3) is 4.31. The number of carbonyl (C=O) groups is 1. The first kappa shape index (κ1) is 16.5. The summed E-state index contributed by atoms with van der Waals surface area (Å²) in [6, 6.07) is 0. The lowest BCUT2D eigenvalue weighted by Gasteiger charge is -2.44. The van der Waals surface area contributed by atoms with Gasteiger partial charge in [0, 0.05) is 12.3 Å². The Morgan fingerprint density at radius 2 is 2.00 bits per heavy atom. The highest BCUT2D eigenvalue weighted by Crippen LogP contribution is 2.45. The van der Waals surface area contributed by atoms with Crippen molar-refractivity contribution < 1.29 is 15.0 Å². The first-order chi connectivity index (χ1) is 10.1. The normalized spacial score (nSPS) is 32.6. The van der Waals surface area contributed by atoms with Crippen molar-refractivity contribution >= 4 is 5.78 Å². The number of Topliss-reactive ketones (excluding diaryl/α,β-unsaturated/α-hetero) is 1. The highest BCUT2D eigenvalue weighted by molar-refractivity contribution is 5.87. The topological polar surface area (TPSA) is 57.5 Å². The van der Waals surface area contributed by atoms with Crippen molar-refractivity contribution in [3.8, 4) is 11.8 Å². The number of hydrogen-bond donors (Lipinski definition) is 2. The predicted octanol–water partition coefficient (Wildman–Crippen LogP) is 2.69. The van der Waals surface area contributed by atoms with Gasteiger partial charge in [-0.15, -0.1) is 0 Å². The molecule has 0 aromatic carbocycles. The Morgan fingerprint density at radius 1 is 1.24 bits per heavy atom. The fraction of sp³-hybridized carbons (Fsp3) is 0.833. The maximum Gasteiger partial charge on any atom is 0.136 e. The molecule has 0 amide bonds. The van der Waals surface area contributed by atoms with Gasteiger partial charge in [0.2, 0.25) is 0 Å². The molecular formula is C18H28O3. The summed E-state index contributed by atoms with van der Waals surface area (Å²) >= 11 is 0. The van der Waals surface area contributed by atoms with Crippen LogP contribution in [0.4, 0.5) is 0 Å². The van der Waals surface area contributed by atoms with Gasteiger partial charge in [-0.2, -0.15) is 0 Å². The number of aliphatic hydroxyl groups is 2. The Bertz CT molecular complexity index is 406. The van der Waals surface area contributed by atoms with E-state index < -0.39 is 12.2 Å². The minimum absolute atomic E-state index is 0.115. The van der Waals surface area contributed by atoms with Crippen molar-refractivity contribution in [2.75, 3.05) is 0 Å². The first-order valence-electron chi connectivity index (χ1n) is 8.53. The van der Waals surface area contributed by atoms with Crippen LogP contribution in [0.25, 0.3) is 0 Å². The number of ketones is 1. The lowest BCUT2D eigenvalue weighted by atomic mass is 9.59. The molecule has 2 N–H and O–H groups in total. The molecule has 0 heterocycles. The number of unbranched alkanes of at least 4 members (excludes halogenated alkanes) is 4. The zero-order chi connectivity index (χ0) is 15.2. The van der Waals surface area contributed by atoms with Crippen LogP contribution >= 0.6 is 0 Å². The molecule has 3 nitrogen and oxygen atoms in total. The molecular weight excluding hydrogens is 264 g/mol. The third-order valence-electron chi connectivity index (χ3n) is 5.01. The second-order valence-corrected chi connectivity index (χ2v) is 6.62. The maximum atomic E-state index is 11.5. The first-order valence-corrected chi connectivity index (χ1v) is 8.53. The van der Waals surface area contributed by atoms with E-state index in [1.807, 2.05) is 0 Å². The SMILES string of the molecule is CCCCCCC[C@H](O)C#C[C@H]1[C@@H]2CC(=O)[C@@H]2CC[C@@H]1O. The van der Waals surface area contributed by atoms with E-state index in [1.165, 1.54) is 19.3 Å². The Hall–Kier alpha value is -0.850. The van der Waals surface area contributed by atoms with Crippen LogP contribution in [-0.4, -0.2) is 28.2 Å². The summed E-state index contributed by atoms with van der Waals surface area (Å²) in [6.07, 6.45) is 7.60. The monoisotopic (exact) mass is 292 g/mol. The van der Waals surface area contributed by atoms with Gasteiger partial charge in [0.15, 0.2) is 0 Å². The maximum absolute atomic E-state index is 11.5. The molecule has 5 atom stereocenters. The molecule has 0 bridgehead atoms. The van der Waals surface area contributed by atoms with Crippen LogP contribution in [-0.2, 0) is 4.79 Å². The van der Waals surface area contributed by atoms with Crippen LogP contribution in [0.2, 0.25) is 0 Å². The number of carbonyl (C=O) groups excluding carboxylic acids is 1. The minimum Gasteiger partial charge on any atom is -0.392 e. The van der Waals surface area contributed by atoms with Crippen LogP contribution in [0, 0.1) is 29.6 Å². The van der Waals surface area contributed by atoms with Gasteiger partial charge in [-0.3, -0.25) is 4.79 Å². The largest absolute Gasteiger partial charge is 0.392 e. The number of aliphatic hydroxyl groups excluding tert-OH is 2. The number of fused-ring (bicyclic) bond motifs is 1. The molecule has 0 aliphatic heterocycles. The molecule has 2 aliphatic rings. The summed E-state index contributed by atoms with van der Waals surface area (Å²) < 4.78 is 0. The lowest BCUT2D eigenvalue weighted by Crippen LogP contribution is -2.49. The second kappa shape index (κ2) is 7.96. The summed E-state index contributed by atoms with van der Waals surface area (Å²) in [5.41, 5.74) is 0. The fourth-order valence-corrected chi connectivity index (χ4v) is 3.58. The van der Waals surface area contributed by atoms with E-state index in [0.29, 0.717) is 25.0 Å². The zero-order valence-corrected chi connectivity index (χ0v) is 13.1. The molecule has 2 saturated carbocycles. The third-order valence-corrected chi connectivity index (χ3v) is 5.01. The Balaban J connectivity index is 1.76. The smallest absolute Gasteiger partial charge is 0.136 e. The quantitative estimate of drug-likeness (QED) is 0.584. The van der Waals surface area contributed by atoms with Crippen molar-refractivity contribution in [3.63, 3.8) is 0 Å². The Labute approximate surface area is 128 Å². The highest BCUT2D eigenvalue weighted by atomic mass is 16.3. The minimum atomic E-state index is -0.588. The molecule has 2 aliphatic carbocycles. The van der Waals surface area contributed by atoms with Gasteiger partial charge in [0.1, 0.15) is 11.9 Å². The van der Waals surface area contributed by atoms with Crippen molar-refractivity contribution in [2.24, 2.45) is 17.8 Å². The summed E-state index contributed by atoms with van der Waals surface area (Å²) in [4.78, 5) is 11.5. The average Bonchev–Trinajstić information content (AvgIpc) is 2.45. The van der Waals surface area contributed by atoms with Crippen LogP contribution in [0.15, 0.2) is 0 Å². The van der Waals surface area contributed by atoms with Gasteiger partial charge in [-0.25, -0.2) is 0 Å². The van der Waals surface area contributed by atoms with E-state index in [9.17, 15) is 15.0 Å². The molecule has 0 unspecified atom stereocenters. The van der Waals surface area contributed by atoms with Gasteiger partial charge < -0.3 is 10.2 Å². The molecule has 2 fully saturated rings. The van der Waals surface area contributed by atoms with Crippen LogP contribution in [0.1, 0.15) is 64.7 Å².